The van der Waals surface area contributed by atoms with Gasteiger partial charge in [0.25, 0.3) is 19.5 Å². The number of aryl methyl sites for hydroxylation is 3. The van der Waals surface area contributed by atoms with Gasteiger partial charge in [-0.25, -0.2) is 49.6 Å². The highest BCUT2D eigenvalue weighted by Gasteiger charge is 2.36. The summed E-state index contributed by atoms with van der Waals surface area (Å²) in [4.78, 5) is 88.1. The van der Waals surface area contributed by atoms with Crippen LogP contribution in [-0.4, -0.2) is 175 Å². The Kier molecular flexibility index (Phi) is 11.0. The third-order valence-corrected chi connectivity index (χ3v) is 13.2. The number of H-pyrrole nitrogens is 3. The predicted octanol–water partition coefficient (Wildman–Crippen LogP) is 5.58. The molecular formula is C51H66N18O3. The van der Waals surface area contributed by atoms with Gasteiger partial charge in [-0.1, -0.05) is 20.7 Å². The molecule has 0 bridgehead atoms. The largest absolute Gasteiger partial charge is 0.354 e. The quantitative estimate of drug-likeness (QED) is 0.152. The first-order valence-corrected chi connectivity index (χ1v) is 23.0. The first kappa shape index (κ1) is 34.5. The SMILES string of the molecule is [2H]c1nc(N(C)[C@H]2CN(C(=O)C([2H])([2H])[N+]#[C-])CC[C@@]2([2H])C)c2c([2H])c(C)[nH]c2n1.[2H]c1nc(N(C)[C@H]2CN(C(=O)C([2H])([2H])[N+]#[C-])CC[C@H]2C([2H])([2H])[2H])c2c([2H])c(C)[nH]c2n1.[2H]c1nc(N(C)[C@H]2CN(C(=O)C([2H])([2H])[N+]#[C-])CC[C@H]2C)c2c([2H])c(C)[nH]c2n1. The fourth-order valence-electron chi connectivity index (χ4n) is 9.23. The molecule has 378 valence electrons. The van der Waals surface area contributed by atoms with Gasteiger partial charge in [0.15, 0.2) is 0 Å². The molecule has 0 unspecified atom stereocenters. The number of carbonyl (C=O) groups is 3. The van der Waals surface area contributed by atoms with E-state index < -0.39 is 68.0 Å². The second-order valence-electron chi connectivity index (χ2n) is 17.9. The van der Waals surface area contributed by atoms with Crippen LogP contribution in [0.25, 0.3) is 47.6 Å². The number of anilines is 3. The minimum absolute atomic E-state index is 0.0110. The van der Waals surface area contributed by atoms with E-state index in [4.69, 9.17) is 41.6 Å². The minimum atomic E-state index is -2.74. The van der Waals surface area contributed by atoms with Gasteiger partial charge in [-0.2, -0.15) is 0 Å². The molecule has 3 saturated heterocycles. The molecular weight excluding hydrogens is 913 g/mol. The molecule has 0 spiro atoms. The second kappa shape index (κ2) is 22.9. The topological polar surface area (TPSA) is 208 Å². The molecule has 6 aromatic rings. The van der Waals surface area contributed by atoms with Crippen molar-refractivity contribution in [3.8, 4) is 0 Å². The third-order valence-electron chi connectivity index (χ3n) is 13.2. The molecule has 3 fully saturated rings. The maximum absolute atomic E-state index is 12.5. The third kappa shape index (κ3) is 11.5. The molecule has 0 aliphatic carbocycles. The zero-order valence-corrected chi connectivity index (χ0v) is 41.2. The van der Waals surface area contributed by atoms with Crippen molar-refractivity contribution < 1.29 is 36.3 Å². The van der Waals surface area contributed by atoms with Gasteiger partial charge in [-0.3, -0.25) is 14.4 Å². The Hall–Kier alpha value is -7.86. The summed E-state index contributed by atoms with van der Waals surface area (Å²) >= 11 is 0. The van der Waals surface area contributed by atoms with Crippen molar-refractivity contribution in [2.24, 2.45) is 17.7 Å². The molecule has 3 aliphatic rings. The maximum atomic E-state index is 12.5. The fraction of sp³-hybridized carbons (Fsp3) is 0.529. The summed E-state index contributed by atoms with van der Waals surface area (Å²) < 4.78 is 127. The normalized spacial score (nSPS) is 25.8. The number of carbonyl (C=O) groups excluding carboxylic acids is 3. The lowest BCUT2D eigenvalue weighted by Crippen LogP contribution is -2.53. The van der Waals surface area contributed by atoms with Gasteiger partial charge in [-0.15, -0.1) is 0 Å². The lowest BCUT2D eigenvalue weighted by atomic mass is 9.92. The Balaban J connectivity index is 0.000000189. The number of likely N-dealkylation sites (N-methyl/N-ethyl adjacent to an activating group) is 3. The first-order valence-electron chi connectivity index (χ1n) is 31.0. The van der Waals surface area contributed by atoms with E-state index in [0.717, 1.165) is 4.90 Å². The number of aromatic nitrogens is 9. The van der Waals surface area contributed by atoms with Crippen molar-refractivity contribution in [3.05, 3.63) is 88.4 Å². The summed E-state index contributed by atoms with van der Waals surface area (Å²) in [7, 11) is 5.05. The van der Waals surface area contributed by atoms with E-state index in [1.54, 1.807) is 53.7 Å². The number of hydrogen-bond acceptors (Lipinski definition) is 12. The van der Waals surface area contributed by atoms with Gasteiger partial charge in [0.1, 0.15) is 65.6 Å². The summed E-state index contributed by atoms with van der Waals surface area (Å²) in [5.41, 5.74) is 2.78. The average Bonchev–Trinajstić information content (AvgIpc) is 1.69. The zero-order chi connectivity index (χ0) is 65.8. The van der Waals surface area contributed by atoms with Crippen LogP contribution in [0.2, 0.25) is 0 Å². The van der Waals surface area contributed by atoms with Crippen LogP contribution < -0.4 is 14.7 Å². The summed E-state index contributed by atoms with van der Waals surface area (Å²) in [5, 5.41) is 1.28. The van der Waals surface area contributed by atoms with E-state index >= 15 is 0 Å². The highest BCUT2D eigenvalue weighted by molar-refractivity contribution is 5.90. The minimum Gasteiger partial charge on any atom is -0.354 e. The molecule has 6 atom stereocenters. The van der Waals surface area contributed by atoms with Crippen LogP contribution >= 0.6 is 0 Å². The van der Waals surface area contributed by atoms with Crippen molar-refractivity contribution in [1.29, 1.82) is 0 Å². The van der Waals surface area contributed by atoms with Gasteiger partial charge in [0.2, 0.25) is 0 Å². The van der Waals surface area contributed by atoms with Crippen molar-refractivity contribution in [3.63, 3.8) is 0 Å². The zero-order valence-electron chi connectivity index (χ0n) is 57.2. The highest BCUT2D eigenvalue weighted by Crippen LogP contribution is 2.32. The number of fused-ring (bicyclic) bond motifs is 3. The Bertz CT molecular complexity index is 3810. The van der Waals surface area contributed by atoms with Crippen LogP contribution in [0.5, 0.6) is 0 Å². The van der Waals surface area contributed by atoms with Crippen LogP contribution in [0.15, 0.2) is 37.0 Å². The fourth-order valence-corrected chi connectivity index (χ4v) is 9.23. The summed E-state index contributed by atoms with van der Waals surface area (Å²) in [6, 6.07) is -1.02. The molecule has 3 N–H and O–H groups in total. The smallest absolute Gasteiger partial charge is 0.302 e. The number of amides is 3. The van der Waals surface area contributed by atoms with Crippen molar-refractivity contribution in [2.75, 3.05) is 94.6 Å². The van der Waals surface area contributed by atoms with Crippen LogP contribution in [-0.2, 0) is 14.4 Å². The number of aromatic amines is 3. The Morgan fingerprint density at radius 3 is 1.32 bits per heavy atom. The number of rotatable bonds is 9. The molecule has 72 heavy (non-hydrogen) atoms. The summed E-state index contributed by atoms with van der Waals surface area (Å²) in [5.74, 6) is -3.54. The molecule has 6 aromatic heterocycles. The van der Waals surface area contributed by atoms with E-state index in [1.807, 2.05) is 11.8 Å². The van der Waals surface area contributed by atoms with E-state index in [1.165, 1.54) is 14.7 Å². The first-order chi connectivity index (χ1) is 40.7. The summed E-state index contributed by atoms with van der Waals surface area (Å²) in [6.07, 6.45) is 0.291. The molecule has 3 aliphatic heterocycles. The highest BCUT2D eigenvalue weighted by atomic mass is 16.2. The lowest BCUT2D eigenvalue weighted by Gasteiger charge is -2.41. The number of hydrogen-bond donors (Lipinski definition) is 3. The monoisotopic (exact) mass is 995 g/mol. The van der Waals surface area contributed by atoms with E-state index in [-0.39, 0.29) is 106 Å². The number of nitrogens with one attached hydrogen (secondary N) is 3. The van der Waals surface area contributed by atoms with Crippen molar-refractivity contribution >= 4 is 68.3 Å². The Morgan fingerprint density at radius 2 is 0.944 bits per heavy atom. The van der Waals surface area contributed by atoms with Gasteiger partial charge >= 0.3 is 17.7 Å². The number of piperidine rings is 3. The molecule has 9 heterocycles. The maximum Gasteiger partial charge on any atom is 0.302 e. The average molecular weight is 995 g/mol. The van der Waals surface area contributed by atoms with Crippen LogP contribution in [0, 0.1) is 58.2 Å². The number of nitrogens with zero attached hydrogens (tertiary/aromatic N) is 15. The van der Waals surface area contributed by atoms with Crippen LogP contribution in [0.3, 0.4) is 0 Å². The standard InChI is InChI=1S/3C17H22N6O/c3*1-11-5-6-23(15(24)8-18-3)9-14(11)22(4)17-13-7-12(2)21-16(13)19-10-20-17/h3*7,10-11,14H,5-6,8-9H2,1-2,4H3,(H,19,20,21)/t3*11-,14+/m111/s1/i7D,8D2,10D,11D;1D3,7D,8D2,10D;7D,8D2,10D. The van der Waals surface area contributed by atoms with Gasteiger partial charge < -0.3 is 58.9 Å². The van der Waals surface area contributed by atoms with E-state index in [2.05, 4.69) is 59.4 Å². The molecule has 21 nitrogen and oxygen atoms in total. The van der Waals surface area contributed by atoms with Gasteiger partial charge in [0.05, 0.1) is 38.4 Å². The molecule has 9 rings (SSSR count). The van der Waals surface area contributed by atoms with Crippen molar-refractivity contribution in [2.45, 2.75) is 78.9 Å². The van der Waals surface area contributed by atoms with E-state index in [0.29, 0.717) is 69.1 Å². The van der Waals surface area contributed by atoms with Gasteiger partial charge in [0, 0.05) is 83.0 Å². The lowest BCUT2D eigenvalue weighted by molar-refractivity contribution is -0.131. The molecule has 0 aromatic carbocycles. The summed E-state index contributed by atoms with van der Waals surface area (Å²) in [6.45, 7) is 20.1. The van der Waals surface area contributed by atoms with Crippen LogP contribution in [0.1, 0.15) is 79.0 Å². The Labute approximate surface area is 443 Å². The number of likely N-dealkylation sites (tertiary alicyclic amines) is 3. The molecule has 0 saturated carbocycles. The molecule has 21 heteroatoms. The van der Waals surface area contributed by atoms with Crippen molar-refractivity contribution in [1.82, 2.24) is 59.6 Å². The second-order valence-corrected chi connectivity index (χ2v) is 17.9. The van der Waals surface area contributed by atoms with E-state index in [9.17, 15) is 14.4 Å². The molecule has 0 radical (unpaired) electrons. The molecule has 3 amide bonds. The van der Waals surface area contributed by atoms with Gasteiger partial charge in [-0.05, 0) is 75.9 Å². The Morgan fingerprint density at radius 1 is 0.611 bits per heavy atom. The van der Waals surface area contributed by atoms with Crippen LogP contribution in [0.4, 0.5) is 17.5 Å². The predicted molar refractivity (Wildman–Crippen MR) is 278 cm³/mol.